The van der Waals surface area contributed by atoms with Crippen LogP contribution in [-0.2, 0) is 4.79 Å². The molecule has 0 aliphatic heterocycles. The summed E-state index contributed by atoms with van der Waals surface area (Å²) >= 11 is 3.09. The maximum absolute atomic E-state index is 11.7. The van der Waals surface area contributed by atoms with E-state index < -0.39 is 5.91 Å². The lowest BCUT2D eigenvalue weighted by atomic mass is 10.3. The van der Waals surface area contributed by atoms with Crippen LogP contribution in [0.4, 0.5) is 0 Å². The molecular formula is C9H11BrN2O3. The number of furan rings is 1. The van der Waals surface area contributed by atoms with Crippen LogP contribution in [0.2, 0.25) is 0 Å². The lowest BCUT2D eigenvalue weighted by Crippen LogP contribution is -2.38. The van der Waals surface area contributed by atoms with Gasteiger partial charge in [-0.05, 0) is 35.0 Å². The quantitative estimate of drug-likeness (QED) is 0.890. The second kappa shape index (κ2) is 4.97. The molecule has 0 aromatic carbocycles. The minimum atomic E-state index is -0.546. The second-order valence-corrected chi connectivity index (χ2v) is 3.67. The molecule has 0 unspecified atom stereocenters. The highest BCUT2D eigenvalue weighted by Gasteiger charge is 2.18. The molecule has 0 bridgehead atoms. The molecule has 5 nitrogen and oxygen atoms in total. The van der Waals surface area contributed by atoms with Crippen LogP contribution in [0.5, 0.6) is 0 Å². The van der Waals surface area contributed by atoms with Crippen molar-refractivity contribution in [2.24, 2.45) is 5.73 Å². The molecule has 0 aliphatic carbocycles. The van der Waals surface area contributed by atoms with Crippen LogP contribution in [0.15, 0.2) is 21.2 Å². The van der Waals surface area contributed by atoms with Gasteiger partial charge in [-0.2, -0.15) is 0 Å². The van der Waals surface area contributed by atoms with Gasteiger partial charge in [0.25, 0.3) is 5.91 Å². The molecule has 0 fully saturated rings. The zero-order chi connectivity index (χ0) is 11.4. The molecule has 1 rings (SSSR count). The van der Waals surface area contributed by atoms with Gasteiger partial charge in [-0.25, -0.2) is 0 Å². The van der Waals surface area contributed by atoms with Gasteiger partial charge in [0.05, 0.1) is 6.54 Å². The minimum Gasteiger partial charge on any atom is -0.444 e. The molecule has 2 N–H and O–H groups in total. The zero-order valence-corrected chi connectivity index (χ0v) is 9.78. The molecule has 1 heterocycles. The number of carbonyl (C=O) groups is 2. The van der Waals surface area contributed by atoms with E-state index in [0.29, 0.717) is 11.2 Å². The molecular weight excluding hydrogens is 264 g/mol. The topological polar surface area (TPSA) is 76.5 Å². The maximum atomic E-state index is 11.7. The van der Waals surface area contributed by atoms with Crippen molar-refractivity contribution in [3.8, 4) is 0 Å². The Bertz CT molecular complexity index is 375. The van der Waals surface area contributed by atoms with Gasteiger partial charge in [-0.15, -0.1) is 0 Å². The van der Waals surface area contributed by atoms with Gasteiger partial charge in [0, 0.05) is 6.54 Å². The predicted octanol–water partition coefficient (Wildman–Crippen LogP) is 0.989. The molecule has 82 valence electrons. The predicted molar refractivity (Wildman–Crippen MR) is 57.2 cm³/mol. The molecule has 0 aliphatic rings. The fourth-order valence-corrected chi connectivity index (χ4v) is 1.41. The molecule has 1 aromatic heterocycles. The van der Waals surface area contributed by atoms with Crippen LogP contribution in [0, 0.1) is 0 Å². The van der Waals surface area contributed by atoms with E-state index in [1.165, 1.54) is 11.0 Å². The fraction of sp³-hybridized carbons (Fsp3) is 0.333. The van der Waals surface area contributed by atoms with Crippen molar-refractivity contribution < 1.29 is 14.0 Å². The summed E-state index contributed by atoms with van der Waals surface area (Å²) in [4.78, 5) is 23.7. The van der Waals surface area contributed by atoms with Crippen LogP contribution in [0.25, 0.3) is 0 Å². The van der Waals surface area contributed by atoms with E-state index in [0.717, 1.165) is 0 Å². The van der Waals surface area contributed by atoms with Gasteiger partial charge in [0.2, 0.25) is 5.91 Å². The molecule has 0 saturated heterocycles. The highest BCUT2D eigenvalue weighted by molar-refractivity contribution is 9.10. The van der Waals surface area contributed by atoms with E-state index in [1.54, 1.807) is 13.0 Å². The van der Waals surface area contributed by atoms with Crippen molar-refractivity contribution in [3.05, 3.63) is 22.6 Å². The Kier molecular flexibility index (Phi) is 3.90. The SMILES string of the molecule is CCN(CC(N)=O)C(=O)c1ccc(Br)o1. The fourth-order valence-electron chi connectivity index (χ4n) is 1.10. The molecule has 2 amide bonds. The maximum Gasteiger partial charge on any atom is 0.290 e. The van der Waals surface area contributed by atoms with Crippen molar-refractivity contribution >= 4 is 27.7 Å². The molecule has 15 heavy (non-hydrogen) atoms. The lowest BCUT2D eigenvalue weighted by molar-refractivity contribution is -0.118. The Balaban J connectivity index is 2.77. The largest absolute Gasteiger partial charge is 0.444 e. The highest BCUT2D eigenvalue weighted by atomic mass is 79.9. The first-order valence-electron chi connectivity index (χ1n) is 4.37. The van der Waals surface area contributed by atoms with Crippen LogP contribution in [0.1, 0.15) is 17.5 Å². The number of likely N-dealkylation sites (N-methyl/N-ethyl adjacent to an activating group) is 1. The van der Waals surface area contributed by atoms with Gasteiger partial charge in [0.15, 0.2) is 10.4 Å². The first-order chi connectivity index (χ1) is 7.04. The summed E-state index contributed by atoms with van der Waals surface area (Å²) in [5.74, 6) is -0.706. The number of primary amides is 1. The molecule has 0 saturated carbocycles. The number of rotatable bonds is 4. The van der Waals surface area contributed by atoms with Crippen molar-refractivity contribution in [1.29, 1.82) is 0 Å². The van der Waals surface area contributed by atoms with E-state index >= 15 is 0 Å². The number of nitrogens with two attached hydrogens (primary N) is 1. The third-order valence-electron chi connectivity index (χ3n) is 1.80. The summed E-state index contributed by atoms with van der Waals surface area (Å²) < 4.78 is 5.56. The van der Waals surface area contributed by atoms with Gasteiger partial charge in [-0.1, -0.05) is 0 Å². The molecule has 0 spiro atoms. The van der Waals surface area contributed by atoms with Crippen LogP contribution in [0.3, 0.4) is 0 Å². The first-order valence-corrected chi connectivity index (χ1v) is 5.16. The smallest absolute Gasteiger partial charge is 0.290 e. The average molecular weight is 275 g/mol. The Morgan fingerprint density at radius 2 is 2.20 bits per heavy atom. The Morgan fingerprint density at radius 1 is 1.53 bits per heavy atom. The third-order valence-corrected chi connectivity index (χ3v) is 2.23. The number of nitrogens with zero attached hydrogens (tertiary/aromatic N) is 1. The van der Waals surface area contributed by atoms with Crippen molar-refractivity contribution in [1.82, 2.24) is 4.90 Å². The number of hydrogen-bond donors (Lipinski definition) is 1. The van der Waals surface area contributed by atoms with Gasteiger partial charge < -0.3 is 15.1 Å². The van der Waals surface area contributed by atoms with E-state index in [4.69, 9.17) is 10.2 Å². The molecule has 0 atom stereocenters. The Morgan fingerprint density at radius 3 is 2.60 bits per heavy atom. The summed E-state index contributed by atoms with van der Waals surface area (Å²) in [7, 11) is 0. The van der Waals surface area contributed by atoms with Crippen LogP contribution < -0.4 is 5.73 Å². The van der Waals surface area contributed by atoms with Crippen LogP contribution >= 0.6 is 15.9 Å². The third kappa shape index (κ3) is 3.09. The number of hydrogen-bond acceptors (Lipinski definition) is 3. The normalized spacial score (nSPS) is 10.0. The van der Waals surface area contributed by atoms with Crippen molar-refractivity contribution in [2.45, 2.75) is 6.92 Å². The van der Waals surface area contributed by atoms with E-state index in [9.17, 15) is 9.59 Å². The summed E-state index contributed by atoms with van der Waals surface area (Å²) in [5.41, 5.74) is 5.02. The summed E-state index contributed by atoms with van der Waals surface area (Å²) in [6.45, 7) is 2.06. The van der Waals surface area contributed by atoms with Crippen LogP contribution in [-0.4, -0.2) is 29.8 Å². The summed E-state index contributed by atoms with van der Waals surface area (Å²) in [6.07, 6.45) is 0. The van der Waals surface area contributed by atoms with E-state index in [1.807, 2.05) is 0 Å². The molecule has 1 aromatic rings. The second-order valence-electron chi connectivity index (χ2n) is 2.89. The standard InChI is InChI=1S/C9H11BrN2O3/c1-2-12(5-8(11)13)9(14)6-3-4-7(10)15-6/h3-4H,2,5H2,1H3,(H2,11,13). The summed E-state index contributed by atoms with van der Waals surface area (Å²) in [5, 5.41) is 0. The number of amides is 2. The van der Waals surface area contributed by atoms with E-state index in [2.05, 4.69) is 15.9 Å². The lowest BCUT2D eigenvalue weighted by Gasteiger charge is -2.17. The number of halogens is 1. The van der Waals surface area contributed by atoms with E-state index in [-0.39, 0.29) is 18.2 Å². The Labute approximate surface area is 95.3 Å². The number of carbonyl (C=O) groups excluding carboxylic acids is 2. The highest BCUT2D eigenvalue weighted by Crippen LogP contribution is 2.15. The van der Waals surface area contributed by atoms with Gasteiger partial charge in [-0.3, -0.25) is 9.59 Å². The summed E-state index contributed by atoms with van der Waals surface area (Å²) in [6, 6.07) is 3.15. The Hall–Kier alpha value is -1.30. The van der Waals surface area contributed by atoms with Crippen molar-refractivity contribution in [3.63, 3.8) is 0 Å². The molecule has 0 radical (unpaired) electrons. The first kappa shape index (κ1) is 11.8. The monoisotopic (exact) mass is 274 g/mol. The molecule has 6 heteroatoms. The minimum absolute atomic E-state index is 0.104. The van der Waals surface area contributed by atoms with Crippen molar-refractivity contribution in [2.75, 3.05) is 13.1 Å². The zero-order valence-electron chi connectivity index (χ0n) is 8.20. The average Bonchev–Trinajstić information content (AvgIpc) is 2.60. The van der Waals surface area contributed by atoms with Gasteiger partial charge >= 0.3 is 0 Å². The van der Waals surface area contributed by atoms with Gasteiger partial charge in [0.1, 0.15) is 0 Å².